The molecule has 2 aromatic rings. The van der Waals surface area contributed by atoms with E-state index in [0.29, 0.717) is 26.4 Å². The average molecular weight is 344 g/mol. The molecule has 0 aliphatic heterocycles. The summed E-state index contributed by atoms with van der Waals surface area (Å²) in [5.74, 6) is -0.862. The molecule has 0 aromatic heterocycles. The standard InChI is InChI=1S/C13H9BrClFN2O/c14-11-2-1-10(6-12(11)16)18-13(19)7-3-8(15)5-9(17)4-7/h1-6H,17H2,(H,18,19). The van der Waals surface area contributed by atoms with Crippen molar-refractivity contribution in [1.82, 2.24) is 0 Å². The van der Waals surface area contributed by atoms with Crippen LogP contribution in [0.4, 0.5) is 15.8 Å². The zero-order valence-electron chi connectivity index (χ0n) is 9.58. The zero-order valence-corrected chi connectivity index (χ0v) is 11.9. The van der Waals surface area contributed by atoms with Crippen LogP contribution in [0, 0.1) is 5.82 Å². The van der Waals surface area contributed by atoms with E-state index in [4.69, 9.17) is 17.3 Å². The van der Waals surface area contributed by atoms with Crippen molar-refractivity contribution in [3.05, 3.63) is 57.3 Å². The number of hydrogen-bond acceptors (Lipinski definition) is 2. The molecule has 2 rings (SSSR count). The molecule has 0 aliphatic carbocycles. The Bertz CT molecular complexity index is 628. The van der Waals surface area contributed by atoms with E-state index in [1.54, 1.807) is 6.07 Å². The summed E-state index contributed by atoms with van der Waals surface area (Å²) in [4.78, 5) is 12.0. The van der Waals surface area contributed by atoms with Crippen LogP contribution in [0.5, 0.6) is 0 Å². The lowest BCUT2D eigenvalue weighted by Crippen LogP contribution is -2.12. The minimum absolute atomic E-state index is 0.313. The molecule has 0 unspecified atom stereocenters. The molecular weight excluding hydrogens is 335 g/mol. The van der Waals surface area contributed by atoms with Crippen molar-refractivity contribution in [3.8, 4) is 0 Å². The lowest BCUT2D eigenvalue weighted by Gasteiger charge is -2.07. The largest absolute Gasteiger partial charge is 0.399 e. The lowest BCUT2D eigenvalue weighted by atomic mass is 10.2. The van der Waals surface area contributed by atoms with Gasteiger partial charge in [0.25, 0.3) is 5.91 Å². The van der Waals surface area contributed by atoms with Crippen molar-refractivity contribution in [1.29, 1.82) is 0 Å². The van der Waals surface area contributed by atoms with Gasteiger partial charge >= 0.3 is 0 Å². The van der Waals surface area contributed by atoms with Crippen molar-refractivity contribution in [2.75, 3.05) is 11.1 Å². The average Bonchev–Trinajstić information content (AvgIpc) is 2.32. The Morgan fingerprint density at radius 2 is 2.00 bits per heavy atom. The van der Waals surface area contributed by atoms with E-state index < -0.39 is 11.7 Å². The fraction of sp³-hybridized carbons (Fsp3) is 0. The van der Waals surface area contributed by atoms with E-state index in [0.717, 1.165) is 0 Å². The van der Waals surface area contributed by atoms with Crippen LogP contribution >= 0.6 is 27.5 Å². The van der Waals surface area contributed by atoms with Crippen molar-refractivity contribution in [2.24, 2.45) is 0 Å². The molecule has 0 atom stereocenters. The topological polar surface area (TPSA) is 55.1 Å². The summed E-state index contributed by atoms with van der Waals surface area (Å²) >= 11 is 8.85. The molecule has 19 heavy (non-hydrogen) atoms. The van der Waals surface area contributed by atoms with Crippen LogP contribution in [0.1, 0.15) is 10.4 Å². The van der Waals surface area contributed by atoms with Crippen molar-refractivity contribution in [3.63, 3.8) is 0 Å². The molecule has 1 amide bonds. The van der Waals surface area contributed by atoms with E-state index in [-0.39, 0.29) is 0 Å². The zero-order chi connectivity index (χ0) is 14.0. The highest BCUT2D eigenvalue weighted by Crippen LogP contribution is 2.21. The summed E-state index contributed by atoms with van der Waals surface area (Å²) in [6, 6.07) is 8.84. The summed E-state index contributed by atoms with van der Waals surface area (Å²) < 4.78 is 13.7. The third-order valence-electron chi connectivity index (χ3n) is 2.36. The molecule has 6 heteroatoms. The predicted molar refractivity (Wildman–Crippen MR) is 77.9 cm³/mol. The van der Waals surface area contributed by atoms with Gasteiger partial charge in [-0.2, -0.15) is 0 Å². The number of halogens is 3. The first kappa shape index (κ1) is 13.8. The van der Waals surface area contributed by atoms with E-state index >= 15 is 0 Å². The van der Waals surface area contributed by atoms with Gasteiger partial charge < -0.3 is 11.1 Å². The van der Waals surface area contributed by atoms with Gasteiger partial charge in [0.1, 0.15) is 5.82 Å². The van der Waals surface area contributed by atoms with E-state index in [1.807, 2.05) is 0 Å². The summed E-state index contributed by atoms with van der Waals surface area (Å²) in [7, 11) is 0. The first-order valence-electron chi connectivity index (χ1n) is 5.28. The normalized spacial score (nSPS) is 10.3. The fourth-order valence-corrected chi connectivity index (χ4v) is 2.01. The van der Waals surface area contributed by atoms with E-state index in [9.17, 15) is 9.18 Å². The molecule has 2 aromatic carbocycles. The van der Waals surface area contributed by atoms with Crippen LogP contribution in [0.2, 0.25) is 5.02 Å². The number of hydrogen-bond donors (Lipinski definition) is 2. The van der Waals surface area contributed by atoms with Crippen LogP contribution in [0.15, 0.2) is 40.9 Å². The molecule has 0 aliphatic rings. The lowest BCUT2D eigenvalue weighted by molar-refractivity contribution is 0.102. The Balaban J connectivity index is 2.22. The first-order chi connectivity index (χ1) is 8.95. The number of rotatable bonds is 2. The molecule has 0 saturated heterocycles. The van der Waals surface area contributed by atoms with Gasteiger partial charge in [-0.15, -0.1) is 0 Å². The van der Waals surface area contributed by atoms with Gasteiger partial charge in [0.05, 0.1) is 4.47 Å². The molecule has 3 nitrogen and oxygen atoms in total. The molecule has 0 spiro atoms. The third-order valence-corrected chi connectivity index (χ3v) is 3.22. The number of nitrogen functional groups attached to an aromatic ring is 1. The van der Waals surface area contributed by atoms with E-state index in [1.165, 1.54) is 30.3 Å². The summed E-state index contributed by atoms with van der Waals surface area (Å²) in [5, 5.41) is 2.93. The van der Waals surface area contributed by atoms with Crippen molar-refractivity contribution < 1.29 is 9.18 Å². The summed E-state index contributed by atoms with van der Waals surface area (Å²) in [5.41, 5.74) is 6.66. The maximum Gasteiger partial charge on any atom is 0.255 e. The van der Waals surface area contributed by atoms with Gasteiger partial charge in [-0.05, 0) is 52.3 Å². The van der Waals surface area contributed by atoms with Crippen molar-refractivity contribution >= 4 is 44.8 Å². The Hall–Kier alpha value is -1.59. The molecule has 3 N–H and O–H groups in total. The van der Waals surface area contributed by atoms with Crippen LogP contribution in [-0.2, 0) is 0 Å². The maximum absolute atomic E-state index is 13.3. The molecule has 98 valence electrons. The Kier molecular flexibility index (Phi) is 4.07. The van der Waals surface area contributed by atoms with Crippen LogP contribution in [0.3, 0.4) is 0 Å². The molecule has 0 bridgehead atoms. The first-order valence-corrected chi connectivity index (χ1v) is 6.45. The van der Waals surface area contributed by atoms with Gasteiger partial charge in [0.2, 0.25) is 0 Å². The molecule has 0 heterocycles. The second kappa shape index (κ2) is 5.59. The van der Waals surface area contributed by atoms with Gasteiger partial charge in [0.15, 0.2) is 0 Å². The highest BCUT2D eigenvalue weighted by atomic mass is 79.9. The minimum Gasteiger partial charge on any atom is -0.399 e. The quantitative estimate of drug-likeness (QED) is 0.807. The van der Waals surface area contributed by atoms with Crippen LogP contribution < -0.4 is 11.1 Å². The Morgan fingerprint density at radius 1 is 1.26 bits per heavy atom. The number of benzene rings is 2. The summed E-state index contributed by atoms with van der Waals surface area (Å²) in [6.45, 7) is 0. The van der Waals surface area contributed by atoms with Gasteiger partial charge in [-0.1, -0.05) is 11.6 Å². The van der Waals surface area contributed by atoms with Crippen molar-refractivity contribution in [2.45, 2.75) is 0 Å². The predicted octanol–water partition coefficient (Wildman–Crippen LogP) is 4.08. The maximum atomic E-state index is 13.3. The SMILES string of the molecule is Nc1cc(Cl)cc(C(=O)Nc2ccc(Br)c(F)c2)c1. The fourth-order valence-electron chi connectivity index (χ4n) is 1.52. The second-order valence-corrected chi connectivity index (χ2v) is 5.15. The Morgan fingerprint density at radius 3 is 2.63 bits per heavy atom. The number of carbonyl (C=O) groups is 1. The molecule has 0 fully saturated rings. The number of nitrogens with one attached hydrogen (secondary N) is 1. The van der Waals surface area contributed by atoms with Crippen LogP contribution in [-0.4, -0.2) is 5.91 Å². The monoisotopic (exact) mass is 342 g/mol. The number of amides is 1. The molecular formula is C13H9BrClFN2O. The molecule has 0 radical (unpaired) electrons. The Labute approximate surface area is 122 Å². The minimum atomic E-state index is -0.455. The molecule has 0 saturated carbocycles. The van der Waals surface area contributed by atoms with Crippen LogP contribution in [0.25, 0.3) is 0 Å². The smallest absolute Gasteiger partial charge is 0.255 e. The third kappa shape index (κ3) is 3.45. The number of carbonyl (C=O) groups excluding carboxylic acids is 1. The van der Waals surface area contributed by atoms with E-state index in [2.05, 4.69) is 21.2 Å². The highest BCUT2D eigenvalue weighted by Gasteiger charge is 2.09. The number of nitrogens with two attached hydrogens (primary N) is 1. The van der Waals surface area contributed by atoms with Gasteiger partial charge in [-0.25, -0.2) is 4.39 Å². The van der Waals surface area contributed by atoms with Gasteiger partial charge in [0, 0.05) is 22.0 Å². The number of anilines is 2. The summed E-state index contributed by atoms with van der Waals surface area (Å²) in [6.07, 6.45) is 0. The second-order valence-electron chi connectivity index (χ2n) is 3.86. The highest BCUT2D eigenvalue weighted by molar-refractivity contribution is 9.10. The van der Waals surface area contributed by atoms with Gasteiger partial charge in [-0.3, -0.25) is 4.79 Å².